The Kier molecular flexibility index (Phi) is 7.66. The van der Waals surface area contributed by atoms with Crippen LogP contribution in [0.15, 0.2) is 34.1 Å². The minimum absolute atomic E-state index is 0. The van der Waals surface area contributed by atoms with Gasteiger partial charge in [0, 0.05) is 18.1 Å². The van der Waals surface area contributed by atoms with Crippen LogP contribution in [0.1, 0.15) is 40.0 Å². The van der Waals surface area contributed by atoms with Gasteiger partial charge in [0.15, 0.2) is 0 Å². The molecular formula is C16H28ClN3O4S2. The van der Waals surface area contributed by atoms with Crippen molar-refractivity contribution < 1.29 is 16.8 Å². The van der Waals surface area contributed by atoms with Crippen LogP contribution in [-0.4, -0.2) is 35.0 Å². The van der Waals surface area contributed by atoms with Gasteiger partial charge < -0.3 is 5.73 Å². The van der Waals surface area contributed by atoms with E-state index in [1.165, 1.54) is 24.3 Å². The first-order chi connectivity index (χ1) is 11.5. The van der Waals surface area contributed by atoms with Crippen LogP contribution in [0.25, 0.3) is 0 Å². The van der Waals surface area contributed by atoms with Crippen LogP contribution in [0.5, 0.6) is 0 Å². The van der Waals surface area contributed by atoms with Gasteiger partial charge in [0.2, 0.25) is 20.0 Å². The molecule has 0 saturated heterocycles. The number of sulfonamides is 2. The van der Waals surface area contributed by atoms with Crippen molar-refractivity contribution >= 4 is 32.5 Å². The predicted molar refractivity (Wildman–Crippen MR) is 104 cm³/mol. The highest BCUT2D eigenvalue weighted by molar-refractivity contribution is 7.90. The maximum atomic E-state index is 12.7. The lowest BCUT2D eigenvalue weighted by atomic mass is 9.92. The fourth-order valence-corrected chi connectivity index (χ4v) is 5.65. The van der Waals surface area contributed by atoms with Gasteiger partial charge >= 0.3 is 0 Å². The van der Waals surface area contributed by atoms with Gasteiger partial charge in [-0.05, 0) is 50.3 Å². The largest absolute Gasteiger partial charge is 0.329 e. The Hall–Kier alpha value is -0.710. The van der Waals surface area contributed by atoms with Gasteiger partial charge in [0.1, 0.15) is 0 Å². The van der Waals surface area contributed by atoms with Crippen LogP contribution in [0.4, 0.5) is 0 Å². The van der Waals surface area contributed by atoms with Gasteiger partial charge in [-0.3, -0.25) is 0 Å². The van der Waals surface area contributed by atoms with Crippen LogP contribution >= 0.6 is 12.4 Å². The highest BCUT2D eigenvalue weighted by Gasteiger charge is 2.32. The van der Waals surface area contributed by atoms with Crippen molar-refractivity contribution in [1.82, 2.24) is 9.44 Å². The van der Waals surface area contributed by atoms with E-state index in [4.69, 9.17) is 5.73 Å². The van der Waals surface area contributed by atoms with E-state index >= 15 is 0 Å². The number of rotatable bonds is 9. The van der Waals surface area contributed by atoms with Crippen LogP contribution in [0.3, 0.4) is 0 Å². The summed E-state index contributed by atoms with van der Waals surface area (Å²) >= 11 is 0. The molecule has 1 unspecified atom stereocenters. The monoisotopic (exact) mass is 425 g/mol. The van der Waals surface area contributed by atoms with Crippen molar-refractivity contribution in [1.29, 1.82) is 0 Å². The van der Waals surface area contributed by atoms with Gasteiger partial charge in [-0.2, -0.15) is 0 Å². The van der Waals surface area contributed by atoms with Crippen molar-refractivity contribution in [3.63, 3.8) is 0 Å². The normalized spacial score (nSPS) is 17.6. The number of nitrogens with two attached hydrogens (primary N) is 1. The van der Waals surface area contributed by atoms with Crippen LogP contribution in [0, 0.1) is 5.92 Å². The maximum absolute atomic E-state index is 12.7. The van der Waals surface area contributed by atoms with Gasteiger partial charge in [-0.1, -0.05) is 19.9 Å². The zero-order chi connectivity index (χ0) is 18.9. The lowest BCUT2D eigenvalue weighted by Crippen LogP contribution is -2.52. The summed E-state index contributed by atoms with van der Waals surface area (Å²) < 4.78 is 55.2. The van der Waals surface area contributed by atoms with E-state index in [1.54, 1.807) is 6.92 Å². The third kappa shape index (κ3) is 6.17. The zero-order valence-corrected chi connectivity index (χ0v) is 17.7. The summed E-state index contributed by atoms with van der Waals surface area (Å²) in [6.07, 6.45) is 2.19. The molecule has 26 heavy (non-hydrogen) atoms. The van der Waals surface area contributed by atoms with Gasteiger partial charge in [0.25, 0.3) is 0 Å². The number of halogens is 1. The molecule has 1 aromatic rings. The Labute approximate surface area is 162 Å². The van der Waals surface area contributed by atoms with Crippen molar-refractivity contribution in [2.24, 2.45) is 11.7 Å². The highest BCUT2D eigenvalue weighted by Crippen LogP contribution is 2.24. The van der Waals surface area contributed by atoms with E-state index in [2.05, 4.69) is 9.44 Å². The second-order valence-corrected chi connectivity index (χ2v) is 10.7. The van der Waals surface area contributed by atoms with Crippen molar-refractivity contribution in [2.75, 3.05) is 6.54 Å². The summed E-state index contributed by atoms with van der Waals surface area (Å²) in [6.45, 7) is 5.86. The quantitative estimate of drug-likeness (QED) is 0.555. The first-order valence-electron chi connectivity index (χ1n) is 8.34. The molecular weight excluding hydrogens is 398 g/mol. The Morgan fingerprint density at radius 1 is 1.15 bits per heavy atom. The molecule has 0 aromatic heterocycles. The second-order valence-electron chi connectivity index (χ2n) is 7.34. The minimum Gasteiger partial charge on any atom is -0.329 e. The van der Waals surface area contributed by atoms with Crippen molar-refractivity contribution in [3.05, 3.63) is 24.3 Å². The summed E-state index contributed by atoms with van der Waals surface area (Å²) in [6, 6.07) is 5.33. The molecule has 0 amide bonds. The Morgan fingerprint density at radius 2 is 1.69 bits per heavy atom. The van der Waals surface area contributed by atoms with E-state index in [0.29, 0.717) is 6.42 Å². The van der Waals surface area contributed by atoms with E-state index in [9.17, 15) is 16.8 Å². The maximum Gasteiger partial charge on any atom is 0.241 e. The van der Waals surface area contributed by atoms with E-state index in [1.807, 2.05) is 13.8 Å². The predicted octanol–water partition coefficient (Wildman–Crippen LogP) is 1.59. The molecule has 1 aromatic carbocycles. The molecule has 2 rings (SSSR count). The second kappa shape index (κ2) is 8.53. The number of benzene rings is 1. The van der Waals surface area contributed by atoms with E-state index in [-0.39, 0.29) is 40.7 Å². The minimum atomic E-state index is -3.89. The van der Waals surface area contributed by atoms with E-state index < -0.39 is 25.6 Å². The molecule has 0 bridgehead atoms. The summed E-state index contributed by atoms with van der Waals surface area (Å²) in [5, 5.41) is 0. The number of nitrogens with one attached hydrogen (secondary N) is 2. The molecule has 0 heterocycles. The topological polar surface area (TPSA) is 118 Å². The molecule has 4 N–H and O–H groups in total. The van der Waals surface area contributed by atoms with Gasteiger partial charge in [-0.15, -0.1) is 12.4 Å². The van der Waals surface area contributed by atoms with Crippen molar-refractivity contribution in [3.8, 4) is 0 Å². The van der Waals surface area contributed by atoms with Gasteiger partial charge in [0.05, 0.1) is 9.79 Å². The fraction of sp³-hybridized carbons (Fsp3) is 0.625. The SMILES string of the molecule is CC(C)CC(C)(CN)NS(=O)(=O)c1cccc(S(=O)(=O)NC2CC2)c1.Cl. The molecule has 0 aliphatic heterocycles. The molecule has 1 saturated carbocycles. The fourth-order valence-electron chi connectivity index (χ4n) is 2.75. The Morgan fingerprint density at radius 3 is 2.15 bits per heavy atom. The lowest BCUT2D eigenvalue weighted by molar-refractivity contribution is 0.344. The third-order valence-electron chi connectivity index (χ3n) is 4.02. The van der Waals surface area contributed by atoms with Crippen LogP contribution in [0.2, 0.25) is 0 Å². The summed E-state index contributed by atoms with van der Waals surface area (Å²) in [7, 11) is -7.61. The first-order valence-corrected chi connectivity index (χ1v) is 11.3. The van der Waals surface area contributed by atoms with Gasteiger partial charge in [-0.25, -0.2) is 26.3 Å². The Bertz CT molecular complexity index is 824. The molecule has 1 aliphatic carbocycles. The Balaban J connectivity index is 0.00000338. The molecule has 1 fully saturated rings. The van der Waals surface area contributed by atoms with Crippen molar-refractivity contribution in [2.45, 2.75) is 61.4 Å². The first kappa shape index (κ1) is 23.3. The zero-order valence-electron chi connectivity index (χ0n) is 15.2. The summed E-state index contributed by atoms with van der Waals surface area (Å²) in [5.41, 5.74) is 4.97. The van der Waals surface area contributed by atoms with E-state index in [0.717, 1.165) is 12.8 Å². The molecule has 0 radical (unpaired) electrons. The average molecular weight is 426 g/mol. The number of hydrogen-bond donors (Lipinski definition) is 3. The summed E-state index contributed by atoms with van der Waals surface area (Å²) in [4.78, 5) is -0.143. The highest BCUT2D eigenvalue weighted by atomic mass is 35.5. The molecule has 1 aliphatic rings. The smallest absolute Gasteiger partial charge is 0.241 e. The van der Waals surface area contributed by atoms with Crippen LogP contribution in [-0.2, 0) is 20.0 Å². The standard InChI is InChI=1S/C16H27N3O4S2.ClH/c1-12(2)10-16(3,11-17)19-25(22,23)15-6-4-5-14(9-15)24(20,21)18-13-7-8-13;/h4-6,9,12-13,18-19H,7-8,10-11,17H2,1-3H3;1H. The molecule has 7 nitrogen and oxygen atoms in total. The molecule has 1 atom stereocenters. The summed E-state index contributed by atoms with van der Waals surface area (Å²) in [5.74, 6) is 0.255. The van der Waals surface area contributed by atoms with Crippen LogP contribution < -0.4 is 15.2 Å². The molecule has 10 heteroatoms. The molecule has 0 spiro atoms. The third-order valence-corrected chi connectivity index (χ3v) is 7.17. The number of hydrogen-bond acceptors (Lipinski definition) is 5. The lowest BCUT2D eigenvalue weighted by Gasteiger charge is -2.30. The average Bonchev–Trinajstić information content (AvgIpc) is 3.29. The molecule has 150 valence electrons.